The fourth-order valence-electron chi connectivity index (χ4n) is 12.3. The van der Waals surface area contributed by atoms with Crippen molar-refractivity contribution in [1.82, 2.24) is 0 Å². The van der Waals surface area contributed by atoms with Crippen LogP contribution in [-0.4, -0.2) is 95.9 Å². The highest BCUT2D eigenvalue weighted by molar-refractivity contribution is 7.47. The van der Waals surface area contributed by atoms with Crippen molar-refractivity contribution in [3.63, 3.8) is 0 Å². The van der Waals surface area contributed by atoms with Crippen LogP contribution in [0.5, 0.6) is 0 Å². The minimum atomic E-state index is -4.95. The third-order valence-electron chi connectivity index (χ3n) is 19.2. The minimum Gasteiger partial charge on any atom is -0.463 e. The van der Waals surface area contributed by atoms with Crippen LogP contribution in [0.3, 0.4) is 0 Å². The molecule has 18 heteroatoms. The third kappa shape index (κ3) is 89.8. The van der Waals surface area contributed by atoms with E-state index in [2.05, 4.69) is 179 Å². The smallest absolute Gasteiger partial charge is 0.463 e. The number of hydrogen-bond donors (Lipinski definition) is 4. The highest BCUT2D eigenvalue weighted by atomic mass is 31.2. The first-order valence-electron chi connectivity index (χ1n) is 45.8. The number of ether oxygens (including phenoxy) is 3. The van der Waals surface area contributed by atoms with E-state index in [0.717, 1.165) is 161 Å². The van der Waals surface area contributed by atoms with E-state index in [1.165, 1.54) is 161 Å². The maximum Gasteiger partial charge on any atom is 0.472 e. The number of aliphatic hydroxyl groups excluding tert-OH is 2. The summed E-state index contributed by atoms with van der Waals surface area (Å²) in [6.45, 7) is 2.53. The lowest BCUT2D eigenvalue weighted by Crippen LogP contribution is -2.30. The summed E-state index contributed by atoms with van der Waals surface area (Å²) in [6, 6.07) is 0. The Morgan fingerprint density at radius 2 is 0.461 bits per heavy atom. The second kappa shape index (κ2) is 88.5. The van der Waals surface area contributed by atoms with Gasteiger partial charge >= 0.3 is 33.6 Å². The predicted molar refractivity (Wildman–Crippen MR) is 482 cm³/mol. The first-order valence-corrected chi connectivity index (χ1v) is 48.8. The lowest BCUT2D eigenvalue weighted by molar-refractivity contribution is -0.161. The number of phosphoric acid groups is 2. The van der Waals surface area contributed by atoms with Crippen LogP contribution >= 0.6 is 15.6 Å². The largest absolute Gasteiger partial charge is 0.472 e. The van der Waals surface area contributed by atoms with Gasteiger partial charge in [0.1, 0.15) is 25.4 Å². The summed E-state index contributed by atoms with van der Waals surface area (Å²) in [5.74, 6) is -1.59. The van der Waals surface area contributed by atoms with Gasteiger partial charge in [-0.3, -0.25) is 32.5 Å². The summed E-state index contributed by atoms with van der Waals surface area (Å²) in [7, 11) is -9.82. The molecular weight excluding hydrogens is 1480 g/mol. The van der Waals surface area contributed by atoms with E-state index in [9.17, 15) is 43.5 Å². The van der Waals surface area contributed by atoms with Crippen LogP contribution in [0.15, 0.2) is 158 Å². The van der Waals surface area contributed by atoms with Crippen molar-refractivity contribution in [2.75, 3.05) is 39.6 Å². The first-order chi connectivity index (χ1) is 56.2. The molecule has 0 aliphatic carbocycles. The van der Waals surface area contributed by atoms with Crippen LogP contribution in [0.25, 0.3) is 0 Å². The SMILES string of the molecule is CC/C=C\C/C=C\C/C=C\C/C=C\C/C=C\CCCCCCCCCCCCCCCCCCCC(=O)OCC(O)COP(=O)(O)OCC(O)COP(=O)(O)OCC(COC(=O)CCCCCCCCCCC/C=C\C/C=C\C/C=C\C/C=C\CCCCC)OC(=O)CCCCCCC/C=C\C/C=C\C/C=C\C/C=C\CCCCC. The number of phosphoric ester groups is 2. The molecule has 0 heterocycles. The lowest BCUT2D eigenvalue weighted by atomic mass is 10.0. The first kappa shape index (κ1) is 110. The van der Waals surface area contributed by atoms with Crippen LogP contribution in [0.2, 0.25) is 0 Å². The number of rotatable bonds is 86. The van der Waals surface area contributed by atoms with Crippen molar-refractivity contribution in [1.29, 1.82) is 0 Å². The zero-order valence-corrected chi connectivity index (χ0v) is 74.5. The van der Waals surface area contributed by atoms with E-state index in [4.69, 9.17) is 32.3 Å². The van der Waals surface area contributed by atoms with Crippen molar-refractivity contribution < 1.29 is 75.8 Å². The number of carbonyl (C=O) groups is 3. The number of esters is 3. The number of aliphatic hydroxyl groups is 2. The summed E-state index contributed by atoms with van der Waals surface area (Å²) in [5.41, 5.74) is 0. The zero-order valence-electron chi connectivity index (χ0n) is 72.7. The summed E-state index contributed by atoms with van der Waals surface area (Å²) in [4.78, 5) is 59.0. The molecule has 16 nitrogen and oxygen atoms in total. The average molecular weight is 1650 g/mol. The Morgan fingerprint density at radius 1 is 0.252 bits per heavy atom. The van der Waals surface area contributed by atoms with Gasteiger partial charge in [0.15, 0.2) is 6.10 Å². The fourth-order valence-corrected chi connectivity index (χ4v) is 13.9. The molecule has 0 bridgehead atoms. The Labute approximate surface area is 701 Å². The van der Waals surface area contributed by atoms with Crippen molar-refractivity contribution in [2.24, 2.45) is 0 Å². The topological polar surface area (TPSA) is 231 Å². The standard InChI is InChI=1S/C97H166O16P2/c1-4-7-10-13-16-19-22-25-28-31-34-37-39-41-42-43-44-45-46-47-48-50-52-54-56-59-62-65-68-71-74-77-80-83-95(100)107-86-92(98)87-109-114(103,104)110-88-93(99)89-111-115(105,106)112-91-94(113-97(102)85-82-79-76-73-70-67-64-61-58-53-36-33-30-27-24-21-18-15-12-9-6-3)90-108-96(101)84-81-78-75-72-69-66-63-60-57-55-51-49-40-38-35-32-29-26-23-20-17-14-11-8-5-2/h7,10,16-21,25-30,34-38,41-42,49,51,53,61,64,92-94,98-99H,4-6,8-9,11-15,22-24,31-33,39-40,43-48,50,52,54-60,62-63,65-91H2,1-3H3,(H,103,104)(H,105,106)/b10-7-,19-16-,20-17-,21-18-,28-25-,29-26-,30-27-,37-34-,38-35-,42-41-,51-49-,53-36-,64-61-. The maximum absolute atomic E-state index is 13.1. The quantitative estimate of drug-likeness (QED) is 0.0146. The van der Waals surface area contributed by atoms with E-state index in [-0.39, 0.29) is 19.3 Å². The lowest BCUT2D eigenvalue weighted by Gasteiger charge is -2.21. The average Bonchev–Trinajstić information content (AvgIpc) is 0.902. The molecule has 115 heavy (non-hydrogen) atoms. The molecule has 0 spiro atoms. The van der Waals surface area contributed by atoms with Gasteiger partial charge in [-0.2, -0.15) is 0 Å². The van der Waals surface area contributed by atoms with Crippen LogP contribution in [0.4, 0.5) is 0 Å². The molecule has 0 saturated heterocycles. The molecule has 0 fully saturated rings. The Morgan fingerprint density at radius 3 is 0.730 bits per heavy atom. The van der Waals surface area contributed by atoms with Crippen molar-refractivity contribution in [3.05, 3.63) is 158 Å². The van der Waals surface area contributed by atoms with Crippen LogP contribution < -0.4 is 0 Å². The highest BCUT2D eigenvalue weighted by Crippen LogP contribution is 2.45. The molecule has 0 aliphatic rings. The normalized spacial score (nSPS) is 14.5. The third-order valence-corrected chi connectivity index (χ3v) is 21.1. The Kier molecular flexibility index (Phi) is 84.7. The van der Waals surface area contributed by atoms with Crippen LogP contribution in [0.1, 0.15) is 380 Å². The van der Waals surface area contributed by atoms with E-state index in [1.807, 2.05) is 0 Å². The van der Waals surface area contributed by atoms with Gasteiger partial charge in [0.2, 0.25) is 0 Å². The van der Waals surface area contributed by atoms with E-state index in [1.54, 1.807) is 0 Å². The van der Waals surface area contributed by atoms with Crippen molar-refractivity contribution in [3.8, 4) is 0 Å². The summed E-state index contributed by atoms with van der Waals surface area (Å²) in [6.07, 6.45) is 113. The van der Waals surface area contributed by atoms with E-state index in [0.29, 0.717) is 19.3 Å². The molecule has 0 aliphatic heterocycles. The maximum atomic E-state index is 13.1. The minimum absolute atomic E-state index is 0.0788. The Balaban J connectivity index is 4.57. The molecule has 0 amide bonds. The van der Waals surface area contributed by atoms with Gasteiger partial charge in [-0.15, -0.1) is 0 Å². The van der Waals surface area contributed by atoms with Crippen LogP contribution in [0, 0.1) is 0 Å². The zero-order chi connectivity index (χ0) is 83.6. The second-order valence-corrected chi connectivity index (χ2v) is 33.3. The highest BCUT2D eigenvalue weighted by Gasteiger charge is 2.29. The number of allylic oxidation sites excluding steroid dienone is 26. The van der Waals surface area contributed by atoms with Gasteiger partial charge in [0.05, 0.1) is 26.4 Å². The number of hydrogen-bond acceptors (Lipinski definition) is 14. The molecule has 0 aromatic carbocycles. The molecule has 0 saturated carbocycles. The van der Waals surface area contributed by atoms with Gasteiger partial charge in [-0.05, 0) is 154 Å². The molecule has 4 N–H and O–H groups in total. The van der Waals surface area contributed by atoms with E-state index >= 15 is 0 Å². The van der Waals surface area contributed by atoms with Gasteiger partial charge in [0, 0.05) is 19.3 Å². The van der Waals surface area contributed by atoms with Crippen molar-refractivity contribution in [2.45, 2.75) is 399 Å². The van der Waals surface area contributed by atoms with Crippen molar-refractivity contribution >= 4 is 33.6 Å². The van der Waals surface area contributed by atoms with Gasteiger partial charge < -0.3 is 34.2 Å². The van der Waals surface area contributed by atoms with Gasteiger partial charge in [-0.25, -0.2) is 9.13 Å². The van der Waals surface area contributed by atoms with Crippen LogP contribution in [-0.2, 0) is 55.8 Å². The molecule has 0 radical (unpaired) electrons. The summed E-state index contributed by atoms with van der Waals surface area (Å²) >= 11 is 0. The molecule has 0 aromatic heterocycles. The fraction of sp³-hybridized carbons (Fsp3) is 0.701. The molecule has 0 rings (SSSR count). The molecular formula is C97H166O16P2. The summed E-state index contributed by atoms with van der Waals surface area (Å²) < 4.78 is 61.4. The molecule has 660 valence electrons. The van der Waals surface area contributed by atoms with Gasteiger partial charge in [0.25, 0.3) is 0 Å². The number of unbranched alkanes of at least 4 members (excludes halogenated alkanes) is 37. The Hall–Kier alpha value is -4.83. The molecule has 5 atom stereocenters. The monoisotopic (exact) mass is 1650 g/mol. The molecule has 0 aromatic rings. The second-order valence-electron chi connectivity index (χ2n) is 30.4. The summed E-state index contributed by atoms with van der Waals surface area (Å²) in [5, 5.41) is 20.7. The molecule has 5 unspecified atom stereocenters. The van der Waals surface area contributed by atoms with Gasteiger partial charge in [-0.1, -0.05) is 365 Å². The number of carbonyl (C=O) groups excluding carboxylic acids is 3. The van der Waals surface area contributed by atoms with E-state index < -0.39 is 91.5 Å². The Bertz CT molecular complexity index is 2720. The predicted octanol–water partition coefficient (Wildman–Crippen LogP) is 28.1.